The first kappa shape index (κ1) is 22.6. The summed E-state index contributed by atoms with van der Waals surface area (Å²) >= 11 is 0. The van der Waals surface area contributed by atoms with Gasteiger partial charge in [-0.05, 0) is 60.7 Å². The molecular formula is C30H20N4O2. The number of hydrogen-bond donors (Lipinski definition) is 0. The molecule has 5 rings (SSSR count). The van der Waals surface area contributed by atoms with Gasteiger partial charge in [-0.3, -0.25) is 14.8 Å². The van der Waals surface area contributed by atoms with Crippen molar-refractivity contribution in [1.82, 2.24) is 15.0 Å². The molecule has 0 fully saturated rings. The third-order valence-electron chi connectivity index (χ3n) is 5.40. The van der Waals surface area contributed by atoms with E-state index >= 15 is 0 Å². The highest BCUT2D eigenvalue weighted by Gasteiger charge is 2.12. The summed E-state index contributed by atoms with van der Waals surface area (Å²) in [5.74, 6) is 12.5. The summed E-state index contributed by atoms with van der Waals surface area (Å²) in [6, 6.07) is 19.1. The van der Waals surface area contributed by atoms with Crippen LogP contribution in [0.15, 0.2) is 94.7 Å². The van der Waals surface area contributed by atoms with Crippen LogP contribution in [0.2, 0.25) is 0 Å². The number of fused-ring (bicyclic) bond motifs is 1. The second-order valence-corrected chi connectivity index (χ2v) is 8.14. The molecule has 0 N–H and O–H groups in total. The van der Waals surface area contributed by atoms with Gasteiger partial charge in [0.1, 0.15) is 5.39 Å². The van der Waals surface area contributed by atoms with E-state index in [9.17, 15) is 4.79 Å². The van der Waals surface area contributed by atoms with Crippen LogP contribution in [0, 0.1) is 23.7 Å². The van der Waals surface area contributed by atoms with E-state index in [1.54, 1.807) is 18.5 Å². The van der Waals surface area contributed by atoms with Crippen LogP contribution in [-0.2, 0) is 0 Å². The van der Waals surface area contributed by atoms with E-state index in [0.29, 0.717) is 22.1 Å². The standard InChI is InChI=1S/C30H20N4O2/c1-34(2)26-15-10-22(11-16-26)6-5-21-7-12-24(13-8-21)30-33-29(35)28-25(19-32-20-27(28)36-30)14-9-23-4-3-17-31-18-23/h3-4,7-8,10-13,15-20H,1-2H3. The molecule has 6 nitrogen and oxygen atoms in total. The summed E-state index contributed by atoms with van der Waals surface area (Å²) in [5.41, 5.74) is 4.65. The minimum absolute atomic E-state index is 0.213. The molecule has 0 unspecified atom stereocenters. The fourth-order valence-electron chi connectivity index (χ4n) is 3.49. The number of aromatic nitrogens is 3. The molecule has 0 aliphatic rings. The Morgan fingerprint density at radius 1 is 0.750 bits per heavy atom. The molecule has 0 amide bonds. The highest BCUT2D eigenvalue weighted by atomic mass is 16.3. The molecule has 3 heterocycles. The molecule has 0 aliphatic carbocycles. The molecule has 3 aromatic heterocycles. The Balaban J connectivity index is 1.41. The highest BCUT2D eigenvalue weighted by molar-refractivity contribution is 5.82. The lowest BCUT2D eigenvalue weighted by Crippen LogP contribution is -2.09. The maximum absolute atomic E-state index is 12.9. The minimum Gasteiger partial charge on any atom is -0.436 e. The molecule has 6 heteroatoms. The first-order valence-electron chi connectivity index (χ1n) is 11.2. The van der Waals surface area contributed by atoms with Crippen molar-refractivity contribution >= 4 is 16.7 Å². The van der Waals surface area contributed by atoms with Crippen LogP contribution in [0.4, 0.5) is 5.69 Å². The van der Waals surface area contributed by atoms with Gasteiger partial charge in [0, 0.05) is 60.6 Å². The lowest BCUT2D eigenvalue weighted by atomic mass is 10.1. The molecule has 0 radical (unpaired) electrons. The van der Waals surface area contributed by atoms with Gasteiger partial charge in [-0.2, -0.15) is 4.98 Å². The van der Waals surface area contributed by atoms with Crippen molar-refractivity contribution < 1.29 is 4.42 Å². The predicted octanol–water partition coefficient (Wildman–Crippen LogP) is 4.51. The molecule has 0 atom stereocenters. The monoisotopic (exact) mass is 468 g/mol. The maximum Gasteiger partial charge on any atom is 0.285 e. The molecule has 36 heavy (non-hydrogen) atoms. The summed E-state index contributed by atoms with van der Waals surface area (Å²) < 4.78 is 5.93. The van der Waals surface area contributed by atoms with E-state index in [0.717, 1.165) is 22.4 Å². The lowest BCUT2D eigenvalue weighted by Gasteiger charge is -2.11. The number of pyridine rings is 2. The van der Waals surface area contributed by atoms with Crippen molar-refractivity contribution in [1.29, 1.82) is 0 Å². The fourth-order valence-corrected chi connectivity index (χ4v) is 3.49. The van der Waals surface area contributed by atoms with Crippen LogP contribution in [0.5, 0.6) is 0 Å². The summed E-state index contributed by atoms with van der Waals surface area (Å²) in [7, 11) is 4.00. The normalized spacial score (nSPS) is 10.2. The van der Waals surface area contributed by atoms with Crippen LogP contribution in [0.1, 0.15) is 22.3 Å². The molecular weight excluding hydrogens is 448 g/mol. The second kappa shape index (κ2) is 9.97. The number of anilines is 1. The van der Waals surface area contributed by atoms with Gasteiger partial charge in [-0.15, -0.1) is 0 Å². The van der Waals surface area contributed by atoms with E-state index in [1.165, 1.54) is 12.4 Å². The van der Waals surface area contributed by atoms with Crippen LogP contribution in [-0.4, -0.2) is 29.0 Å². The zero-order valence-electron chi connectivity index (χ0n) is 19.7. The van der Waals surface area contributed by atoms with Gasteiger partial charge in [-0.25, -0.2) is 0 Å². The van der Waals surface area contributed by atoms with Gasteiger partial charge in [0.25, 0.3) is 5.56 Å². The molecule has 0 saturated carbocycles. The zero-order valence-corrected chi connectivity index (χ0v) is 19.7. The smallest absolute Gasteiger partial charge is 0.285 e. The highest BCUT2D eigenvalue weighted by Crippen LogP contribution is 2.21. The van der Waals surface area contributed by atoms with Crippen LogP contribution < -0.4 is 10.5 Å². The lowest BCUT2D eigenvalue weighted by molar-refractivity contribution is 0.593. The van der Waals surface area contributed by atoms with Gasteiger partial charge >= 0.3 is 0 Å². The molecule has 0 spiro atoms. The quantitative estimate of drug-likeness (QED) is 0.355. The number of nitrogens with zero attached hydrogens (tertiary/aromatic N) is 4. The van der Waals surface area contributed by atoms with Crippen LogP contribution in [0.3, 0.4) is 0 Å². The number of rotatable bonds is 2. The van der Waals surface area contributed by atoms with Crippen LogP contribution >= 0.6 is 0 Å². The Labute approximate surface area is 208 Å². The van der Waals surface area contributed by atoms with Crippen molar-refractivity contribution in [3.05, 3.63) is 118 Å². The first-order chi connectivity index (χ1) is 17.6. The maximum atomic E-state index is 12.9. The van der Waals surface area contributed by atoms with E-state index in [4.69, 9.17) is 4.42 Å². The van der Waals surface area contributed by atoms with Gasteiger partial charge in [0.2, 0.25) is 5.89 Å². The Morgan fingerprint density at radius 3 is 2.11 bits per heavy atom. The zero-order chi connectivity index (χ0) is 24.9. The average Bonchev–Trinajstić information content (AvgIpc) is 2.91. The van der Waals surface area contributed by atoms with Crippen molar-refractivity contribution in [2.24, 2.45) is 0 Å². The number of benzene rings is 2. The third kappa shape index (κ3) is 4.99. The van der Waals surface area contributed by atoms with Gasteiger partial charge in [0.15, 0.2) is 5.58 Å². The molecule has 0 saturated heterocycles. The summed E-state index contributed by atoms with van der Waals surface area (Å²) in [6.45, 7) is 0. The Morgan fingerprint density at radius 2 is 1.44 bits per heavy atom. The first-order valence-corrected chi connectivity index (χ1v) is 11.2. The summed E-state index contributed by atoms with van der Waals surface area (Å²) in [6.07, 6.45) is 6.36. The van der Waals surface area contributed by atoms with E-state index in [1.807, 2.05) is 73.6 Å². The topological polar surface area (TPSA) is 72.1 Å². The van der Waals surface area contributed by atoms with Gasteiger partial charge in [-0.1, -0.05) is 23.7 Å². The van der Waals surface area contributed by atoms with Crippen molar-refractivity contribution in [3.63, 3.8) is 0 Å². The van der Waals surface area contributed by atoms with Crippen molar-refractivity contribution in [2.75, 3.05) is 19.0 Å². The minimum atomic E-state index is -0.422. The molecule has 5 aromatic rings. The average molecular weight is 469 g/mol. The second-order valence-electron chi connectivity index (χ2n) is 8.14. The molecule has 0 bridgehead atoms. The van der Waals surface area contributed by atoms with Crippen LogP contribution in [0.25, 0.3) is 22.4 Å². The summed E-state index contributed by atoms with van der Waals surface area (Å²) in [5, 5.41) is 0.299. The van der Waals surface area contributed by atoms with Gasteiger partial charge in [0.05, 0.1) is 11.8 Å². The Kier molecular flexibility index (Phi) is 6.25. The largest absolute Gasteiger partial charge is 0.436 e. The van der Waals surface area contributed by atoms with Gasteiger partial charge < -0.3 is 9.32 Å². The molecule has 2 aromatic carbocycles. The fraction of sp³-hybridized carbons (Fsp3) is 0.0667. The molecule has 172 valence electrons. The predicted molar refractivity (Wildman–Crippen MR) is 140 cm³/mol. The molecule has 0 aliphatic heterocycles. The van der Waals surface area contributed by atoms with Crippen molar-refractivity contribution in [3.8, 4) is 35.1 Å². The SMILES string of the molecule is CN(C)c1ccc(C#Cc2ccc(-c3nc(=O)c4c(C#Cc5cccnc5)cncc4o3)cc2)cc1. The van der Waals surface area contributed by atoms with E-state index in [2.05, 4.69) is 38.6 Å². The Hall–Kier alpha value is -5.20. The van der Waals surface area contributed by atoms with Crippen molar-refractivity contribution in [2.45, 2.75) is 0 Å². The van der Waals surface area contributed by atoms with E-state index < -0.39 is 5.56 Å². The van der Waals surface area contributed by atoms with E-state index in [-0.39, 0.29) is 5.89 Å². The summed E-state index contributed by atoms with van der Waals surface area (Å²) in [4.78, 5) is 27.3. The third-order valence-corrected chi connectivity index (χ3v) is 5.40. The Bertz CT molecular complexity index is 1720. The number of hydrogen-bond acceptors (Lipinski definition) is 6.